The molecule has 4 fully saturated rings. The number of anilines is 3. The molecule has 4 unspecified atom stereocenters. The molecular formula is C72H62BN. The number of rotatable bonds is 4. The zero-order chi connectivity index (χ0) is 48.5. The van der Waals surface area contributed by atoms with Crippen LogP contribution in [-0.4, -0.2) is 6.71 Å². The minimum absolute atomic E-state index is 0.00199. The van der Waals surface area contributed by atoms with Crippen LogP contribution in [-0.2, 0) is 5.41 Å². The Kier molecular flexibility index (Phi) is 8.22. The fraction of sp³-hybridized carbons (Fsp3) is 0.306. The van der Waals surface area contributed by atoms with E-state index < -0.39 is 0 Å². The third-order valence-electron chi connectivity index (χ3n) is 21.3. The molecule has 9 aromatic carbocycles. The summed E-state index contributed by atoms with van der Waals surface area (Å²) < 4.78 is 0. The largest absolute Gasteiger partial charge is 0.310 e. The molecule has 0 N–H and O–H groups in total. The first-order valence-electron chi connectivity index (χ1n) is 28.9. The zero-order valence-electron chi connectivity index (χ0n) is 43.1. The van der Waals surface area contributed by atoms with Crippen LogP contribution in [0.15, 0.2) is 152 Å². The van der Waals surface area contributed by atoms with Crippen molar-refractivity contribution in [3.05, 3.63) is 179 Å². The molecule has 20 rings (SSSR count). The zero-order valence-corrected chi connectivity index (χ0v) is 43.1. The molecule has 1 nitrogen and oxygen atoms in total. The van der Waals surface area contributed by atoms with Gasteiger partial charge in [-0.2, -0.15) is 0 Å². The van der Waals surface area contributed by atoms with Crippen molar-refractivity contribution < 1.29 is 0 Å². The van der Waals surface area contributed by atoms with E-state index in [0.717, 1.165) is 23.7 Å². The fourth-order valence-electron chi connectivity index (χ4n) is 18.8. The van der Waals surface area contributed by atoms with Gasteiger partial charge in [-0.3, -0.25) is 0 Å². The van der Waals surface area contributed by atoms with Crippen LogP contribution >= 0.6 is 0 Å². The van der Waals surface area contributed by atoms with E-state index in [1.165, 1.54) is 142 Å². The third kappa shape index (κ3) is 5.53. The molecule has 11 aliphatic rings. The van der Waals surface area contributed by atoms with Crippen molar-refractivity contribution in [2.45, 2.75) is 114 Å². The van der Waals surface area contributed by atoms with Crippen LogP contribution in [0.5, 0.6) is 0 Å². The standard InChI is InChI=1S/C72H62BN/c1-72(2,3)51-35-60-58-37-54-47-25-39-23-40(26-47)30-49(29-39)64(54)52-19-21-62-69(66(52)58)73-68(60)61(36-51)59-38-55-48-27-41-24-42(28-48)32-50(31-41)65(55)53-20-22-63(70(73)67(53)59)74(62)71-56(44-15-9-5-10-16-44)33-46(43-13-7-4-8-14-43)34-57(71)45-17-11-6-12-18-45/h4-22,33-42,47-50H,23-32H2,1-3H3. The highest BCUT2D eigenvalue weighted by Crippen LogP contribution is 2.62. The van der Waals surface area contributed by atoms with Gasteiger partial charge in [0.15, 0.2) is 0 Å². The van der Waals surface area contributed by atoms with Crippen molar-refractivity contribution in [3.8, 4) is 55.6 Å². The van der Waals surface area contributed by atoms with Gasteiger partial charge in [0.1, 0.15) is 0 Å². The van der Waals surface area contributed by atoms with E-state index in [-0.39, 0.29) is 12.1 Å². The van der Waals surface area contributed by atoms with Gasteiger partial charge in [-0.25, -0.2) is 0 Å². The second-order valence-corrected chi connectivity index (χ2v) is 26.3. The van der Waals surface area contributed by atoms with E-state index in [0.29, 0.717) is 23.7 Å². The monoisotopic (exact) mass is 951 g/mol. The number of hydrogen-bond donors (Lipinski definition) is 0. The second-order valence-electron chi connectivity index (χ2n) is 26.3. The van der Waals surface area contributed by atoms with Crippen molar-refractivity contribution in [1.82, 2.24) is 0 Å². The molecule has 0 amide bonds. The molecule has 8 aliphatic carbocycles. The first-order valence-corrected chi connectivity index (χ1v) is 28.9. The predicted molar refractivity (Wildman–Crippen MR) is 311 cm³/mol. The number of benzene rings is 9. The van der Waals surface area contributed by atoms with Gasteiger partial charge in [0.2, 0.25) is 6.71 Å². The van der Waals surface area contributed by atoms with Crippen LogP contribution in [0, 0.1) is 23.7 Å². The maximum absolute atomic E-state index is 2.84. The molecule has 8 bridgehead atoms. The van der Waals surface area contributed by atoms with Crippen molar-refractivity contribution in [1.29, 1.82) is 0 Å². The molecule has 0 spiro atoms. The highest BCUT2D eigenvalue weighted by atomic mass is 15.2. The molecule has 0 saturated heterocycles. The van der Waals surface area contributed by atoms with Crippen LogP contribution in [0.1, 0.15) is 136 Å². The SMILES string of the molecule is CC(C)(C)c1cc2c3c(c1)-c1cc4c(c5ccc6c(c15)B3c1c(ccc3c5c(cc-2c13)C1CC2CC(C1)CC5C2)N6c1c(-c2ccccc2)cc(-c2ccccc2)cc1-c1ccccc1)C1CC2CC(CC4C2)C1. The Bertz CT molecular complexity index is 3700. The van der Waals surface area contributed by atoms with Gasteiger partial charge in [0.05, 0.1) is 5.69 Å². The smallest absolute Gasteiger partial charge is 0.249 e. The third-order valence-corrected chi connectivity index (χ3v) is 21.3. The molecule has 74 heavy (non-hydrogen) atoms. The summed E-state index contributed by atoms with van der Waals surface area (Å²) in [4.78, 5) is 2.82. The van der Waals surface area contributed by atoms with Gasteiger partial charge in [0, 0.05) is 22.5 Å². The molecule has 3 aliphatic heterocycles. The lowest BCUT2D eigenvalue weighted by Crippen LogP contribution is -2.61. The van der Waals surface area contributed by atoms with Crippen molar-refractivity contribution in [2.24, 2.45) is 23.7 Å². The number of nitrogens with zero attached hydrogens (tertiary/aromatic N) is 1. The first-order chi connectivity index (χ1) is 36.3. The Balaban J connectivity index is 1.03. The lowest BCUT2D eigenvalue weighted by atomic mass is 9.29. The Hall–Kier alpha value is -6.64. The van der Waals surface area contributed by atoms with Gasteiger partial charge < -0.3 is 4.90 Å². The summed E-state index contributed by atoms with van der Waals surface area (Å²) in [6.07, 6.45) is 13.9. The lowest BCUT2D eigenvalue weighted by Gasteiger charge is -2.45. The topological polar surface area (TPSA) is 3.24 Å². The van der Waals surface area contributed by atoms with Gasteiger partial charge in [0.25, 0.3) is 0 Å². The van der Waals surface area contributed by atoms with Crippen LogP contribution in [0.25, 0.3) is 77.2 Å². The average Bonchev–Trinajstić information content (AvgIpc) is 3.72. The van der Waals surface area contributed by atoms with E-state index in [1.807, 2.05) is 0 Å². The Morgan fingerprint density at radius 3 is 1.23 bits per heavy atom. The minimum Gasteiger partial charge on any atom is -0.310 e. The van der Waals surface area contributed by atoms with E-state index in [2.05, 4.69) is 177 Å². The summed E-state index contributed by atoms with van der Waals surface area (Å²) in [5, 5.41) is 6.26. The van der Waals surface area contributed by atoms with E-state index in [9.17, 15) is 0 Å². The molecule has 2 heteroatoms. The first kappa shape index (κ1) is 41.7. The highest BCUT2D eigenvalue weighted by molar-refractivity contribution is 7.03. The summed E-state index contributed by atoms with van der Waals surface area (Å²) in [6.45, 7) is 7.53. The molecule has 4 saturated carbocycles. The highest BCUT2D eigenvalue weighted by Gasteiger charge is 2.51. The van der Waals surface area contributed by atoms with Crippen LogP contribution in [0.3, 0.4) is 0 Å². The predicted octanol–water partition coefficient (Wildman–Crippen LogP) is 17.3. The second kappa shape index (κ2) is 14.6. The maximum atomic E-state index is 2.84. The van der Waals surface area contributed by atoms with Crippen LogP contribution in [0.4, 0.5) is 17.1 Å². The van der Waals surface area contributed by atoms with Crippen molar-refractivity contribution >= 4 is 61.7 Å². The molecule has 0 aromatic heterocycles. The molecular weight excluding hydrogens is 890 g/mol. The lowest BCUT2D eigenvalue weighted by molar-refractivity contribution is 0.166. The number of fused-ring (bicyclic) bond motifs is 2. The fourth-order valence-corrected chi connectivity index (χ4v) is 18.8. The molecule has 4 atom stereocenters. The maximum Gasteiger partial charge on any atom is 0.249 e. The van der Waals surface area contributed by atoms with Crippen LogP contribution < -0.4 is 21.3 Å². The molecule has 0 radical (unpaired) electrons. The quantitative estimate of drug-likeness (QED) is 0.159. The van der Waals surface area contributed by atoms with Gasteiger partial charge in [-0.15, -0.1) is 0 Å². The minimum atomic E-state index is -0.00199. The normalized spacial score (nSPS) is 25.4. The Morgan fingerprint density at radius 2 is 0.797 bits per heavy atom. The van der Waals surface area contributed by atoms with Crippen molar-refractivity contribution in [2.75, 3.05) is 4.90 Å². The van der Waals surface area contributed by atoms with E-state index in [4.69, 9.17) is 0 Å². The van der Waals surface area contributed by atoms with E-state index in [1.54, 1.807) is 60.2 Å². The summed E-state index contributed by atoms with van der Waals surface area (Å²) in [5.41, 5.74) is 30.7. The average molecular weight is 952 g/mol. The van der Waals surface area contributed by atoms with Crippen LogP contribution in [0.2, 0.25) is 0 Å². The Morgan fingerprint density at radius 1 is 0.378 bits per heavy atom. The van der Waals surface area contributed by atoms with Gasteiger partial charge >= 0.3 is 0 Å². The number of hydrogen-bond acceptors (Lipinski definition) is 1. The summed E-state index contributed by atoms with van der Waals surface area (Å²) >= 11 is 0. The van der Waals surface area contributed by atoms with E-state index >= 15 is 0 Å². The van der Waals surface area contributed by atoms with Crippen molar-refractivity contribution in [3.63, 3.8) is 0 Å². The Labute approximate surface area is 437 Å². The summed E-state index contributed by atoms with van der Waals surface area (Å²) in [6, 6.07) is 60.6. The summed E-state index contributed by atoms with van der Waals surface area (Å²) in [5.74, 6) is 6.10. The molecule has 3 heterocycles. The van der Waals surface area contributed by atoms with Gasteiger partial charge in [-0.1, -0.05) is 141 Å². The molecule has 358 valence electrons. The molecule has 9 aromatic rings. The summed E-state index contributed by atoms with van der Waals surface area (Å²) in [7, 11) is 0. The van der Waals surface area contributed by atoms with Gasteiger partial charge in [-0.05, 0) is 258 Å².